The van der Waals surface area contributed by atoms with E-state index in [2.05, 4.69) is 18.9 Å². The van der Waals surface area contributed by atoms with Crippen molar-refractivity contribution in [3.8, 4) is 0 Å². The molecule has 1 fully saturated rings. The first-order valence-corrected chi connectivity index (χ1v) is 11.9. The third-order valence-electron chi connectivity index (χ3n) is 4.64. The van der Waals surface area contributed by atoms with Crippen molar-refractivity contribution in [2.75, 3.05) is 33.5 Å². The Morgan fingerprint density at radius 2 is 1.68 bits per heavy atom. The van der Waals surface area contributed by atoms with E-state index in [0.29, 0.717) is 4.57 Å². The number of carbonyl (C=O) groups is 2. The normalized spacial score (nSPS) is 25.5. The number of ether oxygens (including phenoxy) is 5. The Balaban J connectivity index is 2.33. The predicted molar refractivity (Wildman–Crippen MR) is 114 cm³/mol. The van der Waals surface area contributed by atoms with Crippen LogP contribution >= 0.6 is 7.82 Å². The number of carbonyl (C=O) groups excluding carboxylic acids is 2. The fraction of sp³-hybridized carbons (Fsp3) is 0.667. The second-order valence-electron chi connectivity index (χ2n) is 7.25. The van der Waals surface area contributed by atoms with Crippen molar-refractivity contribution in [3.05, 3.63) is 33.1 Å². The number of hydrogen-bond donors (Lipinski definition) is 3. The second kappa shape index (κ2) is 12.6. The topological polar surface area (TPSA) is 220 Å². The number of rotatable bonds is 12. The highest BCUT2D eigenvalue weighted by molar-refractivity contribution is 7.48. The van der Waals surface area contributed by atoms with Crippen LogP contribution in [0.5, 0.6) is 0 Å². The van der Waals surface area contributed by atoms with Crippen LogP contribution < -0.4 is 11.2 Å². The molecule has 3 N–H and O–H groups in total. The summed E-state index contributed by atoms with van der Waals surface area (Å²) in [4.78, 5) is 48.2. The van der Waals surface area contributed by atoms with E-state index in [-0.39, 0.29) is 13.2 Å². The van der Waals surface area contributed by atoms with Crippen molar-refractivity contribution in [2.45, 2.75) is 44.5 Å². The van der Waals surface area contributed by atoms with Gasteiger partial charge in [0.05, 0.1) is 13.2 Å². The molecule has 37 heavy (non-hydrogen) atoms. The van der Waals surface area contributed by atoms with Crippen LogP contribution in [0.2, 0.25) is 0 Å². The molecule has 17 nitrogen and oxygen atoms in total. The van der Waals surface area contributed by atoms with Gasteiger partial charge in [0.15, 0.2) is 6.23 Å². The number of phosphoric acid groups is 1. The number of halogens is 1. The molecule has 1 aliphatic heterocycles. The zero-order chi connectivity index (χ0) is 27.9. The molecule has 4 atom stereocenters. The molecule has 19 heteroatoms. The zero-order valence-corrected chi connectivity index (χ0v) is 20.7. The van der Waals surface area contributed by atoms with E-state index in [4.69, 9.17) is 18.3 Å². The maximum atomic E-state index is 14.3. The van der Waals surface area contributed by atoms with Crippen molar-refractivity contribution < 1.29 is 66.0 Å². The summed E-state index contributed by atoms with van der Waals surface area (Å²) in [6, 6.07) is 0.875. The van der Waals surface area contributed by atoms with Gasteiger partial charge < -0.3 is 33.9 Å². The highest BCUT2D eigenvalue weighted by atomic mass is 31.2. The van der Waals surface area contributed by atoms with Gasteiger partial charge >= 0.3 is 25.8 Å². The number of alkyl halides is 1. The number of nitrogens with one attached hydrogen (secondary N) is 1. The number of hydrogen-bond acceptors (Lipinski definition) is 15. The molecular formula is C18H26FN2O15P. The molecule has 1 aliphatic rings. The van der Waals surface area contributed by atoms with Crippen molar-refractivity contribution in [2.24, 2.45) is 0 Å². The van der Waals surface area contributed by atoms with Crippen LogP contribution in [0.1, 0.15) is 27.0 Å². The lowest BCUT2D eigenvalue weighted by atomic mass is 9.95. The Kier molecular flexibility index (Phi) is 10.3. The first kappa shape index (κ1) is 30.4. The molecule has 0 amide bonds. The molecule has 1 aromatic rings. The van der Waals surface area contributed by atoms with Gasteiger partial charge in [0.25, 0.3) is 5.56 Å². The summed E-state index contributed by atoms with van der Waals surface area (Å²) in [5, 5.41) is 21.5. The van der Waals surface area contributed by atoms with Crippen molar-refractivity contribution in [1.29, 1.82) is 0 Å². The van der Waals surface area contributed by atoms with E-state index in [1.165, 1.54) is 13.8 Å². The summed E-state index contributed by atoms with van der Waals surface area (Å²) in [7, 11) is -5.18. The summed E-state index contributed by atoms with van der Waals surface area (Å²) < 4.78 is 66.0. The van der Waals surface area contributed by atoms with E-state index < -0.39 is 75.4 Å². The van der Waals surface area contributed by atoms with Crippen molar-refractivity contribution in [1.82, 2.24) is 9.55 Å². The van der Waals surface area contributed by atoms with Gasteiger partial charge in [0.1, 0.15) is 18.4 Å². The van der Waals surface area contributed by atoms with Crippen LogP contribution in [-0.4, -0.2) is 83.0 Å². The molecule has 0 aromatic carbocycles. The number of aromatic amines is 1. The standard InChI is InChI=1S/C18H26FN2O15P/c1-4-29-15(25)31-9-33-37(28,34-10-32-16(26)30-5-2)36-18(8-19)12(23)17(3,27)13(35-18)21-7-6-11(22)20-14(21)24/h6-7,12-13,23,27H,4-5,8-10H2,1-3H3,(H,20,22,24)/t12-,13+,17+,18+/m0/s1. The quantitative estimate of drug-likeness (QED) is 0.177. The molecular weight excluding hydrogens is 534 g/mol. The van der Waals surface area contributed by atoms with Crippen LogP contribution in [0, 0.1) is 0 Å². The van der Waals surface area contributed by atoms with Gasteiger partial charge in [-0.15, -0.1) is 0 Å². The highest BCUT2D eigenvalue weighted by Gasteiger charge is 2.66. The molecule has 2 heterocycles. The Hall–Kier alpha value is -2.86. The lowest BCUT2D eigenvalue weighted by Crippen LogP contribution is -2.52. The summed E-state index contributed by atoms with van der Waals surface area (Å²) in [6.45, 7) is -0.434. The zero-order valence-electron chi connectivity index (χ0n) is 19.8. The largest absolute Gasteiger partial charge is 0.510 e. The molecule has 0 unspecified atom stereocenters. The summed E-state index contributed by atoms with van der Waals surface area (Å²) in [5.74, 6) is -3.02. The lowest BCUT2D eigenvalue weighted by Gasteiger charge is -2.32. The summed E-state index contributed by atoms with van der Waals surface area (Å²) >= 11 is 0. The van der Waals surface area contributed by atoms with Crippen LogP contribution in [0.4, 0.5) is 14.0 Å². The van der Waals surface area contributed by atoms with Gasteiger partial charge in [-0.1, -0.05) is 0 Å². The van der Waals surface area contributed by atoms with E-state index in [0.717, 1.165) is 19.2 Å². The van der Waals surface area contributed by atoms with Crippen LogP contribution in [-0.2, 0) is 41.8 Å². The molecule has 0 bridgehead atoms. The number of H-pyrrole nitrogens is 1. The summed E-state index contributed by atoms with van der Waals surface area (Å²) in [6.07, 6.45) is -5.90. The van der Waals surface area contributed by atoms with Gasteiger partial charge in [-0.3, -0.25) is 14.3 Å². The molecule has 0 saturated carbocycles. The van der Waals surface area contributed by atoms with Gasteiger partial charge in [-0.2, -0.15) is 0 Å². The number of aromatic nitrogens is 2. The Morgan fingerprint density at radius 3 is 2.14 bits per heavy atom. The fourth-order valence-electron chi connectivity index (χ4n) is 2.98. The lowest BCUT2D eigenvalue weighted by molar-refractivity contribution is -0.239. The monoisotopic (exact) mass is 560 g/mol. The minimum Gasteiger partial charge on any atom is -0.435 e. The van der Waals surface area contributed by atoms with E-state index >= 15 is 0 Å². The average molecular weight is 560 g/mol. The van der Waals surface area contributed by atoms with Crippen LogP contribution in [0.3, 0.4) is 0 Å². The Bertz CT molecular complexity index is 1080. The number of nitrogens with zero attached hydrogens (tertiary/aromatic N) is 1. The van der Waals surface area contributed by atoms with Gasteiger partial charge in [-0.05, 0) is 20.8 Å². The molecule has 210 valence electrons. The minimum atomic E-state index is -5.18. The minimum absolute atomic E-state index is 0.0809. The molecule has 2 rings (SSSR count). The Labute approximate surface area is 207 Å². The fourth-order valence-corrected chi connectivity index (χ4v) is 4.09. The molecule has 0 spiro atoms. The number of phosphoric ester groups is 1. The first-order chi connectivity index (χ1) is 17.3. The van der Waals surface area contributed by atoms with E-state index in [1.54, 1.807) is 0 Å². The van der Waals surface area contributed by atoms with Gasteiger partial charge in [0, 0.05) is 12.3 Å². The third-order valence-corrected chi connectivity index (χ3v) is 6.01. The average Bonchev–Trinajstić information content (AvgIpc) is 3.00. The first-order valence-electron chi connectivity index (χ1n) is 10.5. The SMILES string of the molecule is CCOC(=O)OCOP(=O)(OCOC(=O)OCC)O[C@@]1(CF)O[C@@H](n2ccc(=O)[nH]c2=O)[C@](C)(O)[C@@H]1O. The predicted octanol–water partition coefficient (Wildman–Crippen LogP) is 0.262. The highest BCUT2D eigenvalue weighted by Crippen LogP contribution is 2.57. The molecule has 1 aromatic heterocycles. The number of aliphatic hydroxyl groups excluding tert-OH is 1. The number of aliphatic hydroxyl groups is 2. The maximum Gasteiger partial charge on any atom is 0.510 e. The molecule has 1 saturated heterocycles. The smallest absolute Gasteiger partial charge is 0.435 e. The third kappa shape index (κ3) is 7.35. The van der Waals surface area contributed by atoms with Crippen LogP contribution in [0.25, 0.3) is 0 Å². The Morgan fingerprint density at radius 1 is 1.14 bits per heavy atom. The molecule has 0 radical (unpaired) electrons. The van der Waals surface area contributed by atoms with E-state index in [9.17, 15) is 38.3 Å². The second-order valence-corrected chi connectivity index (χ2v) is 8.84. The van der Waals surface area contributed by atoms with Crippen LogP contribution in [0.15, 0.2) is 21.9 Å². The van der Waals surface area contributed by atoms with Crippen molar-refractivity contribution in [3.63, 3.8) is 0 Å². The van der Waals surface area contributed by atoms with Gasteiger partial charge in [0.2, 0.25) is 19.4 Å². The van der Waals surface area contributed by atoms with E-state index in [1.807, 2.05) is 4.98 Å². The maximum absolute atomic E-state index is 14.3. The van der Waals surface area contributed by atoms with Gasteiger partial charge in [-0.25, -0.2) is 36.9 Å². The van der Waals surface area contributed by atoms with Crippen molar-refractivity contribution >= 4 is 20.1 Å². The molecule has 0 aliphatic carbocycles. The summed E-state index contributed by atoms with van der Waals surface area (Å²) in [5.41, 5.74) is -4.41.